The van der Waals surface area contributed by atoms with Gasteiger partial charge in [0.15, 0.2) is 0 Å². The van der Waals surface area contributed by atoms with E-state index in [4.69, 9.17) is 4.74 Å². The Morgan fingerprint density at radius 2 is 1.96 bits per heavy atom. The topological polar surface area (TPSA) is 49.8 Å². The summed E-state index contributed by atoms with van der Waals surface area (Å²) in [6.07, 6.45) is 2.65. The number of amides is 1. The molecule has 0 spiro atoms. The Kier molecular flexibility index (Phi) is 4.33. The summed E-state index contributed by atoms with van der Waals surface area (Å²) in [5, 5.41) is 11.1. The number of fused-ring (bicyclic) bond motifs is 1. The van der Waals surface area contributed by atoms with Crippen molar-refractivity contribution in [1.82, 2.24) is 0 Å². The Hall–Kier alpha value is -2.17. The molecular weight excluding hydrogens is 326 g/mol. The van der Waals surface area contributed by atoms with Gasteiger partial charge in [-0.1, -0.05) is 24.3 Å². The number of aliphatic hydroxyl groups is 1. The Morgan fingerprint density at radius 1 is 1.15 bits per heavy atom. The second-order valence-corrected chi connectivity index (χ2v) is 7.54. The van der Waals surface area contributed by atoms with Gasteiger partial charge in [0.2, 0.25) is 5.91 Å². The zero-order chi connectivity index (χ0) is 18.3. The van der Waals surface area contributed by atoms with E-state index in [0.29, 0.717) is 25.9 Å². The number of benzene rings is 2. The molecule has 4 heteroatoms. The minimum atomic E-state index is -0.825. The lowest BCUT2D eigenvalue weighted by Crippen LogP contribution is -2.37. The molecule has 1 amide bonds. The van der Waals surface area contributed by atoms with Crippen LogP contribution in [0.3, 0.4) is 0 Å². The molecule has 2 heterocycles. The summed E-state index contributed by atoms with van der Waals surface area (Å²) in [5.74, 6) is 0.170. The highest BCUT2D eigenvalue weighted by Gasteiger charge is 2.35. The van der Waals surface area contributed by atoms with Crippen LogP contribution in [0.2, 0.25) is 0 Å². The number of aryl methyl sites for hydroxylation is 1. The van der Waals surface area contributed by atoms with Crippen LogP contribution in [0.4, 0.5) is 5.69 Å². The molecular formula is C22H25NO3. The molecule has 2 atom stereocenters. The first-order valence-corrected chi connectivity index (χ1v) is 9.31. The number of carbonyl (C=O) groups excluding carboxylic acids is 1. The summed E-state index contributed by atoms with van der Waals surface area (Å²) >= 11 is 0. The zero-order valence-corrected chi connectivity index (χ0v) is 15.4. The minimum Gasteiger partial charge on any atom is -0.385 e. The van der Waals surface area contributed by atoms with E-state index < -0.39 is 5.60 Å². The quantitative estimate of drug-likeness (QED) is 0.898. The molecule has 2 aliphatic heterocycles. The molecule has 26 heavy (non-hydrogen) atoms. The number of rotatable bonds is 2. The second-order valence-electron chi connectivity index (χ2n) is 7.54. The summed E-state index contributed by atoms with van der Waals surface area (Å²) in [5.41, 5.74) is 4.55. The molecule has 0 aromatic heterocycles. The highest BCUT2D eigenvalue weighted by molar-refractivity contribution is 5.96. The number of ether oxygens (including phenoxy) is 1. The summed E-state index contributed by atoms with van der Waals surface area (Å²) in [6.45, 7) is 2.59. The van der Waals surface area contributed by atoms with Crippen LogP contribution in [0, 0.1) is 0 Å². The third kappa shape index (κ3) is 3.04. The third-order valence-corrected chi connectivity index (χ3v) is 5.70. The van der Waals surface area contributed by atoms with Crippen LogP contribution >= 0.6 is 0 Å². The highest BCUT2D eigenvalue weighted by atomic mass is 16.5. The predicted octanol–water partition coefficient (Wildman–Crippen LogP) is 3.65. The SMILES string of the molecule is C[C@H]1C[C@@](O)(c2cccc(-c3ccc4c(c3)CCC(=O)N4C)c2)CCO1. The van der Waals surface area contributed by atoms with Crippen molar-refractivity contribution in [2.24, 2.45) is 0 Å². The molecule has 136 valence electrons. The molecule has 0 bridgehead atoms. The Labute approximate surface area is 154 Å². The van der Waals surface area contributed by atoms with Crippen molar-refractivity contribution in [2.45, 2.75) is 44.3 Å². The molecule has 1 N–H and O–H groups in total. The lowest BCUT2D eigenvalue weighted by molar-refractivity contribution is -0.118. The summed E-state index contributed by atoms with van der Waals surface area (Å²) in [6, 6.07) is 14.5. The molecule has 4 rings (SSSR count). The average Bonchev–Trinajstić information content (AvgIpc) is 2.64. The van der Waals surface area contributed by atoms with Crippen molar-refractivity contribution in [3.8, 4) is 11.1 Å². The van der Waals surface area contributed by atoms with Crippen LogP contribution in [-0.4, -0.2) is 30.8 Å². The lowest BCUT2D eigenvalue weighted by atomic mass is 9.83. The van der Waals surface area contributed by atoms with E-state index in [0.717, 1.165) is 28.8 Å². The van der Waals surface area contributed by atoms with Gasteiger partial charge in [-0.25, -0.2) is 0 Å². The fraction of sp³-hybridized carbons (Fsp3) is 0.409. The molecule has 0 unspecified atom stereocenters. The first-order valence-electron chi connectivity index (χ1n) is 9.31. The number of nitrogens with zero attached hydrogens (tertiary/aromatic N) is 1. The van der Waals surface area contributed by atoms with Crippen LogP contribution in [0.5, 0.6) is 0 Å². The van der Waals surface area contributed by atoms with Gasteiger partial charge in [0, 0.05) is 32.0 Å². The normalized spacial score (nSPS) is 25.9. The van der Waals surface area contributed by atoms with E-state index >= 15 is 0 Å². The van der Waals surface area contributed by atoms with Gasteiger partial charge in [-0.3, -0.25) is 4.79 Å². The number of hydrogen-bond donors (Lipinski definition) is 1. The molecule has 4 nitrogen and oxygen atoms in total. The van der Waals surface area contributed by atoms with Crippen molar-refractivity contribution in [1.29, 1.82) is 0 Å². The molecule has 2 aromatic rings. The standard InChI is InChI=1S/C22H25NO3/c1-15-14-22(25,10-11-26-15)19-5-3-4-16(13-19)17-6-8-20-18(12-17)7-9-21(24)23(20)2/h3-6,8,12-13,15,25H,7,9-11,14H2,1-2H3/t15-,22+/m0/s1. The van der Waals surface area contributed by atoms with Crippen molar-refractivity contribution in [2.75, 3.05) is 18.6 Å². The van der Waals surface area contributed by atoms with Crippen LogP contribution in [-0.2, 0) is 21.6 Å². The van der Waals surface area contributed by atoms with E-state index in [9.17, 15) is 9.90 Å². The molecule has 2 aliphatic rings. The number of anilines is 1. The van der Waals surface area contributed by atoms with Crippen LogP contribution in [0.1, 0.15) is 37.3 Å². The Morgan fingerprint density at radius 3 is 2.77 bits per heavy atom. The predicted molar refractivity (Wildman–Crippen MR) is 102 cm³/mol. The minimum absolute atomic E-state index is 0.0641. The van der Waals surface area contributed by atoms with Crippen molar-refractivity contribution in [3.05, 3.63) is 53.6 Å². The fourth-order valence-electron chi connectivity index (χ4n) is 4.15. The number of hydrogen-bond acceptors (Lipinski definition) is 3. The van der Waals surface area contributed by atoms with Gasteiger partial charge in [0.1, 0.15) is 0 Å². The third-order valence-electron chi connectivity index (χ3n) is 5.70. The van der Waals surface area contributed by atoms with Gasteiger partial charge in [-0.15, -0.1) is 0 Å². The molecule has 0 aliphatic carbocycles. The van der Waals surface area contributed by atoms with E-state index in [-0.39, 0.29) is 12.0 Å². The van der Waals surface area contributed by atoms with Crippen LogP contribution in [0.25, 0.3) is 11.1 Å². The monoisotopic (exact) mass is 351 g/mol. The van der Waals surface area contributed by atoms with E-state index in [1.807, 2.05) is 32.2 Å². The highest BCUT2D eigenvalue weighted by Crippen LogP contribution is 2.37. The van der Waals surface area contributed by atoms with E-state index in [1.165, 1.54) is 5.56 Å². The first kappa shape index (κ1) is 17.3. The van der Waals surface area contributed by atoms with Gasteiger partial charge >= 0.3 is 0 Å². The molecule has 0 radical (unpaired) electrons. The maximum atomic E-state index is 11.9. The van der Waals surface area contributed by atoms with Crippen LogP contribution in [0.15, 0.2) is 42.5 Å². The lowest BCUT2D eigenvalue weighted by Gasteiger charge is -2.36. The first-order chi connectivity index (χ1) is 12.5. The zero-order valence-electron chi connectivity index (χ0n) is 15.4. The van der Waals surface area contributed by atoms with Crippen LogP contribution < -0.4 is 4.90 Å². The second kappa shape index (κ2) is 6.53. The maximum absolute atomic E-state index is 11.9. The van der Waals surface area contributed by atoms with Crippen molar-refractivity contribution >= 4 is 11.6 Å². The van der Waals surface area contributed by atoms with Crippen molar-refractivity contribution in [3.63, 3.8) is 0 Å². The summed E-state index contributed by atoms with van der Waals surface area (Å²) in [4.78, 5) is 13.6. The summed E-state index contributed by atoms with van der Waals surface area (Å²) in [7, 11) is 1.84. The largest absolute Gasteiger partial charge is 0.385 e. The van der Waals surface area contributed by atoms with E-state index in [2.05, 4.69) is 24.3 Å². The smallest absolute Gasteiger partial charge is 0.227 e. The fourth-order valence-corrected chi connectivity index (χ4v) is 4.15. The molecule has 2 aromatic carbocycles. The van der Waals surface area contributed by atoms with Crippen molar-refractivity contribution < 1.29 is 14.6 Å². The molecule has 0 saturated carbocycles. The number of carbonyl (C=O) groups is 1. The van der Waals surface area contributed by atoms with Gasteiger partial charge < -0.3 is 14.7 Å². The molecule has 1 saturated heterocycles. The van der Waals surface area contributed by atoms with Gasteiger partial charge in [0.05, 0.1) is 18.3 Å². The van der Waals surface area contributed by atoms with Gasteiger partial charge in [-0.2, -0.15) is 0 Å². The Bertz CT molecular complexity index is 847. The van der Waals surface area contributed by atoms with Gasteiger partial charge in [-0.05, 0) is 53.8 Å². The maximum Gasteiger partial charge on any atom is 0.227 e. The van der Waals surface area contributed by atoms with E-state index in [1.54, 1.807) is 4.90 Å². The molecule has 1 fully saturated rings. The van der Waals surface area contributed by atoms with Gasteiger partial charge in [0.25, 0.3) is 0 Å². The average molecular weight is 351 g/mol. The Balaban J connectivity index is 1.68. The summed E-state index contributed by atoms with van der Waals surface area (Å²) < 4.78 is 5.60.